The van der Waals surface area contributed by atoms with Crippen LogP contribution in [0.4, 0.5) is 5.69 Å². The van der Waals surface area contributed by atoms with Gasteiger partial charge in [0, 0.05) is 31.0 Å². The Hall–Kier alpha value is -2.50. The van der Waals surface area contributed by atoms with Gasteiger partial charge >= 0.3 is 0 Å². The molecule has 0 aliphatic heterocycles. The largest absolute Gasteiger partial charge is 0.326 e. The topological polar surface area (TPSA) is 84.2 Å². The minimum absolute atomic E-state index is 0.100. The van der Waals surface area contributed by atoms with Crippen molar-refractivity contribution in [1.82, 2.24) is 5.43 Å². The number of carbonyl (C=O) groups excluding carboxylic acids is 2. The highest BCUT2D eigenvalue weighted by Crippen LogP contribution is 2.38. The molecule has 1 amide bonds. The molecule has 148 valence electrons. The third-order valence-electron chi connectivity index (χ3n) is 5.52. The maximum absolute atomic E-state index is 12.4. The van der Waals surface area contributed by atoms with E-state index in [0.29, 0.717) is 13.0 Å². The molecular formula is C23H29N3O2. The van der Waals surface area contributed by atoms with Crippen LogP contribution in [0.15, 0.2) is 48.5 Å². The predicted molar refractivity (Wildman–Crippen MR) is 112 cm³/mol. The van der Waals surface area contributed by atoms with Crippen molar-refractivity contribution in [2.75, 3.05) is 5.32 Å². The number of benzene rings is 2. The Balaban J connectivity index is 1.64. The highest BCUT2D eigenvalue weighted by atomic mass is 16.2. The van der Waals surface area contributed by atoms with E-state index in [-0.39, 0.29) is 29.4 Å². The van der Waals surface area contributed by atoms with Gasteiger partial charge in [-0.3, -0.25) is 20.9 Å². The summed E-state index contributed by atoms with van der Waals surface area (Å²) >= 11 is 0. The van der Waals surface area contributed by atoms with Crippen LogP contribution in [0.5, 0.6) is 0 Å². The number of nitrogens with two attached hydrogens (primary N) is 1. The van der Waals surface area contributed by atoms with E-state index in [9.17, 15) is 9.59 Å². The van der Waals surface area contributed by atoms with Gasteiger partial charge in [-0.2, -0.15) is 0 Å². The van der Waals surface area contributed by atoms with Crippen molar-refractivity contribution in [2.24, 2.45) is 17.2 Å². The van der Waals surface area contributed by atoms with Gasteiger partial charge in [-0.25, -0.2) is 0 Å². The lowest BCUT2D eigenvalue weighted by atomic mass is 9.70. The van der Waals surface area contributed by atoms with Crippen molar-refractivity contribution in [3.05, 3.63) is 54.1 Å². The molecule has 3 rings (SSSR count). The van der Waals surface area contributed by atoms with Gasteiger partial charge in [-0.1, -0.05) is 50.2 Å². The molecule has 1 aliphatic carbocycles. The molecule has 5 heteroatoms. The summed E-state index contributed by atoms with van der Waals surface area (Å²) in [4.78, 5) is 24.6. The first-order valence-corrected chi connectivity index (χ1v) is 9.82. The molecule has 0 saturated heterocycles. The van der Waals surface area contributed by atoms with E-state index >= 15 is 0 Å². The van der Waals surface area contributed by atoms with Crippen molar-refractivity contribution >= 4 is 17.4 Å². The number of Topliss-reactive ketones (excluding diaryl/α,β-unsaturated/α-hetero) is 1. The Labute approximate surface area is 166 Å². The summed E-state index contributed by atoms with van der Waals surface area (Å²) in [6, 6.07) is 15.8. The highest BCUT2D eigenvalue weighted by molar-refractivity contribution is 5.95. The molecule has 0 radical (unpaired) electrons. The van der Waals surface area contributed by atoms with Crippen LogP contribution in [0.2, 0.25) is 0 Å². The van der Waals surface area contributed by atoms with Crippen molar-refractivity contribution < 1.29 is 9.59 Å². The molecule has 1 saturated carbocycles. The summed E-state index contributed by atoms with van der Waals surface area (Å²) < 4.78 is 0. The fourth-order valence-electron chi connectivity index (χ4n) is 3.97. The highest BCUT2D eigenvalue weighted by Gasteiger charge is 2.34. The Morgan fingerprint density at radius 3 is 2.57 bits per heavy atom. The number of anilines is 1. The first-order valence-electron chi connectivity index (χ1n) is 9.82. The molecule has 0 spiro atoms. The average molecular weight is 380 g/mol. The molecule has 28 heavy (non-hydrogen) atoms. The molecule has 1 atom stereocenters. The number of amides is 1. The second-order valence-corrected chi connectivity index (χ2v) is 8.40. The maximum Gasteiger partial charge on any atom is 0.225 e. The van der Waals surface area contributed by atoms with Crippen molar-refractivity contribution in [3.63, 3.8) is 0 Å². The first-order chi connectivity index (χ1) is 13.4. The van der Waals surface area contributed by atoms with Gasteiger partial charge in [0.2, 0.25) is 5.91 Å². The van der Waals surface area contributed by atoms with Gasteiger partial charge in [-0.05, 0) is 47.1 Å². The number of hydrazine groups is 1. The van der Waals surface area contributed by atoms with Crippen LogP contribution in [0, 0.1) is 11.3 Å². The molecule has 2 aromatic rings. The number of ketones is 1. The van der Waals surface area contributed by atoms with Gasteiger partial charge in [0.05, 0.1) is 0 Å². The van der Waals surface area contributed by atoms with Crippen molar-refractivity contribution in [1.29, 1.82) is 0 Å². The summed E-state index contributed by atoms with van der Waals surface area (Å²) in [5.41, 5.74) is 6.85. The zero-order valence-electron chi connectivity index (χ0n) is 16.6. The fraction of sp³-hybridized carbons (Fsp3) is 0.391. The smallest absolute Gasteiger partial charge is 0.225 e. The minimum atomic E-state index is -0.168. The SMILES string of the molecule is CC1(C)CCC(=O)C(CC(=O)Nc2ccc(-c3ccccc3CNN)cc2)C1. The number of carbonyl (C=O) groups is 2. The molecule has 2 aromatic carbocycles. The molecule has 4 N–H and O–H groups in total. The lowest BCUT2D eigenvalue weighted by molar-refractivity contribution is -0.130. The lowest BCUT2D eigenvalue weighted by Crippen LogP contribution is -2.32. The number of nitrogens with one attached hydrogen (secondary N) is 2. The quantitative estimate of drug-likeness (QED) is 0.522. The van der Waals surface area contributed by atoms with Gasteiger partial charge in [0.15, 0.2) is 0 Å². The molecule has 0 aromatic heterocycles. The Kier molecular flexibility index (Phi) is 6.27. The van der Waals surface area contributed by atoms with E-state index < -0.39 is 0 Å². The summed E-state index contributed by atoms with van der Waals surface area (Å²) in [6.07, 6.45) is 2.53. The van der Waals surface area contributed by atoms with Crippen molar-refractivity contribution in [3.8, 4) is 11.1 Å². The first kappa shape index (κ1) is 20.2. The zero-order valence-corrected chi connectivity index (χ0v) is 16.6. The van der Waals surface area contributed by atoms with Gasteiger partial charge in [0.25, 0.3) is 0 Å². The van der Waals surface area contributed by atoms with Crippen LogP contribution in [-0.2, 0) is 16.1 Å². The number of hydrogen-bond acceptors (Lipinski definition) is 4. The summed E-state index contributed by atoms with van der Waals surface area (Å²) in [7, 11) is 0. The van der Waals surface area contributed by atoms with Crippen LogP contribution in [0.1, 0.15) is 45.1 Å². The normalized spacial score (nSPS) is 18.7. The predicted octanol–water partition coefficient (Wildman–Crippen LogP) is 4.04. The van der Waals surface area contributed by atoms with Crippen LogP contribution >= 0.6 is 0 Å². The number of rotatable bonds is 6. The van der Waals surface area contributed by atoms with Crippen LogP contribution in [-0.4, -0.2) is 11.7 Å². The molecule has 1 fully saturated rings. The van der Waals surface area contributed by atoms with E-state index in [2.05, 4.69) is 30.7 Å². The van der Waals surface area contributed by atoms with Gasteiger partial charge in [-0.15, -0.1) is 0 Å². The standard InChI is InChI=1S/C23H29N3O2/c1-23(2)12-11-21(27)18(14-23)13-22(28)26-19-9-7-16(8-10-19)20-6-4-3-5-17(20)15-25-24/h3-10,18,25H,11-15,24H2,1-2H3,(H,26,28). The molecule has 5 nitrogen and oxygen atoms in total. The molecule has 0 heterocycles. The van der Waals surface area contributed by atoms with Crippen LogP contribution in [0.3, 0.4) is 0 Å². The average Bonchev–Trinajstić information content (AvgIpc) is 2.66. The maximum atomic E-state index is 12.4. The van der Waals surface area contributed by atoms with E-state index in [1.165, 1.54) is 0 Å². The lowest BCUT2D eigenvalue weighted by Gasteiger charge is -2.33. The fourth-order valence-corrected chi connectivity index (χ4v) is 3.97. The molecule has 1 unspecified atom stereocenters. The van der Waals surface area contributed by atoms with Gasteiger partial charge < -0.3 is 5.32 Å². The third-order valence-corrected chi connectivity index (χ3v) is 5.52. The van der Waals surface area contributed by atoms with Crippen molar-refractivity contribution in [2.45, 2.75) is 46.1 Å². The Morgan fingerprint density at radius 1 is 1.14 bits per heavy atom. The van der Waals surface area contributed by atoms with Gasteiger partial charge in [0.1, 0.15) is 5.78 Å². The Morgan fingerprint density at radius 2 is 1.86 bits per heavy atom. The third kappa shape index (κ3) is 5.06. The second-order valence-electron chi connectivity index (χ2n) is 8.40. The number of hydrogen-bond donors (Lipinski definition) is 3. The Bertz CT molecular complexity index is 843. The summed E-state index contributed by atoms with van der Waals surface area (Å²) in [6.45, 7) is 4.92. The zero-order chi connectivity index (χ0) is 20.1. The van der Waals surface area contributed by atoms with E-state index in [4.69, 9.17) is 5.84 Å². The van der Waals surface area contributed by atoms with E-state index in [1.807, 2.05) is 42.5 Å². The monoisotopic (exact) mass is 379 g/mol. The summed E-state index contributed by atoms with van der Waals surface area (Å²) in [5, 5.41) is 2.93. The van der Waals surface area contributed by atoms with E-state index in [0.717, 1.165) is 35.2 Å². The minimum Gasteiger partial charge on any atom is -0.326 e. The molecular weight excluding hydrogens is 350 g/mol. The van der Waals surface area contributed by atoms with E-state index in [1.54, 1.807) is 0 Å². The van der Waals surface area contributed by atoms with Crippen LogP contribution < -0.4 is 16.6 Å². The second kappa shape index (κ2) is 8.67. The molecule has 1 aliphatic rings. The van der Waals surface area contributed by atoms with Crippen LogP contribution in [0.25, 0.3) is 11.1 Å². The molecule has 0 bridgehead atoms. The summed E-state index contributed by atoms with van der Waals surface area (Å²) in [5.74, 6) is 5.42.